The number of imidazole rings is 1. The lowest BCUT2D eigenvalue weighted by Gasteiger charge is -2.35. The van der Waals surface area contributed by atoms with Crippen molar-refractivity contribution in [1.29, 1.82) is 0 Å². The zero-order chi connectivity index (χ0) is 34.9. The van der Waals surface area contributed by atoms with Crippen LogP contribution in [0.15, 0.2) is 54.2 Å². The molecule has 1 N–H and O–H groups in total. The van der Waals surface area contributed by atoms with Crippen LogP contribution in [-0.2, 0) is 23.9 Å². The number of amides is 3. The van der Waals surface area contributed by atoms with Crippen LogP contribution in [0.5, 0.6) is 5.75 Å². The number of rotatable bonds is 7. The van der Waals surface area contributed by atoms with Crippen LogP contribution >= 0.6 is 11.3 Å². The van der Waals surface area contributed by atoms with Gasteiger partial charge in [-0.1, -0.05) is 6.07 Å². The highest BCUT2D eigenvalue weighted by Gasteiger charge is 2.33. The number of benzene rings is 1. The molecule has 3 aromatic heterocycles. The molecule has 2 aliphatic heterocycles. The van der Waals surface area contributed by atoms with Crippen LogP contribution in [0.3, 0.4) is 0 Å². The summed E-state index contributed by atoms with van der Waals surface area (Å²) in [4.78, 5) is 49.6. The van der Waals surface area contributed by atoms with Crippen molar-refractivity contribution in [3.05, 3.63) is 81.4 Å². The van der Waals surface area contributed by atoms with Crippen LogP contribution in [0.1, 0.15) is 57.6 Å². The molecule has 6 rings (SSSR count). The van der Waals surface area contributed by atoms with Gasteiger partial charge >= 0.3 is 12.3 Å². The van der Waals surface area contributed by atoms with Crippen LogP contribution in [-0.4, -0.2) is 93.5 Å². The van der Waals surface area contributed by atoms with Crippen molar-refractivity contribution in [2.24, 2.45) is 0 Å². The Hall–Kier alpha value is -4.63. The van der Waals surface area contributed by atoms with E-state index in [1.165, 1.54) is 17.4 Å². The Balaban J connectivity index is 1.07. The molecule has 1 fully saturated rings. The van der Waals surface area contributed by atoms with E-state index in [0.29, 0.717) is 69.1 Å². The summed E-state index contributed by atoms with van der Waals surface area (Å²) in [6.45, 7) is 8.75. The molecule has 0 unspecified atom stereocenters. The Kier molecular flexibility index (Phi) is 9.58. The number of nitrogens with one attached hydrogen (secondary N) is 1. The minimum absolute atomic E-state index is 0.0218. The number of piperazine rings is 1. The van der Waals surface area contributed by atoms with Gasteiger partial charge in [-0.05, 0) is 57.0 Å². The summed E-state index contributed by atoms with van der Waals surface area (Å²) in [6, 6.07) is 8.66. The van der Waals surface area contributed by atoms with E-state index in [9.17, 15) is 27.6 Å². The van der Waals surface area contributed by atoms with E-state index in [1.807, 2.05) is 39.0 Å². The molecule has 1 saturated heterocycles. The van der Waals surface area contributed by atoms with Crippen LogP contribution in [0, 0.1) is 0 Å². The Morgan fingerprint density at radius 1 is 1.00 bits per heavy atom. The van der Waals surface area contributed by atoms with Crippen molar-refractivity contribution < 1.29 is 37.0 Å². The number of alkyl halides is 3. The predicted molar refractivity (Wildman–Crippen MR) is 177 cm³/mol. The molecule has 0 spiro atoms. The molecular weight excluding hydrogens is 661 g/mol. The first-order valence-electron chi connectivity index (χ1n) is 15.9. The molecule has 0 saturated carbocycles. The molecule has 11 nitrogen and oxygen atoms in total. The number of carbonyl (C=O) groups is 3. The molecule has 0 atom stereocenters. The molecule has 2 aliphatic rings. The van der Waals surface area contributed by atoms with E-state index >= 15 is 0 Å². The molecule has 5 heterocycles. The van der Waals surface area contributed by atoms with Gasteiger partial charge in [0.2, 0.25) is 0 Å². The zero-order valence-corrected chi connectivity index (χ0v) is 28.2. The van der Waals surface area contributed by atoms with Gasteiger partial charge in [-0.15, -0.1) is 11.3 Å². The topological polar surface area (TPSA) is 109 Å². The number of fused-ring (bicyclic) bond motifs is 2. The number of pyridine rings is 1. The molecular formula is C34H37F3N6O5S. The van der Waals surface area contributed by atoms with Gasteiger partial charge in [-0.2, -0.15) is 13.2 Å². The van der Waals surface area contributed by atoms with Crippen molar-refractivity contribution in [3.8, 4) is 5.75 Å². The number of thiophene rings is 1. The maximum atomic E-state index is 13.8. The number of carbonyl (C=O) groups excluding carboxylic acids is 3. The Morgan fingerprint density at radius 2 is 1.78 bits per heavy atom. The van der Waals surface area contributed by atoms with E-state index in [2.05, 4.69) is 15.2 Å². The number of aromatic nitrogens is 2. The van der Waals surface area contributed by atoms with Crippen molar-refractivity contribution in [3.63, 3.8) is 0 Å². The van der Waals surface area contributed by atoms with Gasteiger partial charge in [-0.25, -0.2) is 9.78 Å². The van der Waals surface area contributed by atoms with Gasteiger partial charge in [0.25, 0.3) is 11.8 Å². The highest BCUT2D eigenvalue weighted by atomic mass is 32.1. The van der Waals surface area contributed by atoms with Gasteiger partial charge < -0.3 is 24.6 Å². The highest BCUT2D eigenvalue weighted by Crippen LogP contribution is 2.35. The minimum Gasteiger partial charge on any atom is -0.492 e. The van der Waals surface area contributed by atoms with Gasteiger partial charge in [0.05, 0.1) is 23.9 Å². The van der Waals surface area contributed by atoms with E-state index in [1.54, 1.807) is 32.0 Å². The number of ether oxygens (including phenoxy) is 2. The largest absolute Gasteiger partial charge is 0.492 e. The number of hydrogen-bond donors (Lipinski definition) is 1. The van der Waals surface area contributed by atoms with Gasteiger partial charge in [0.15, 0.2) is 0 Å². The van der Waals surface area contributed by atoms with Crippen LogP contribution in [0.25, 0.3) is 5.65 Å². The summed E-state index contributed by atoms with van der Waals surface area (Å²) in [7, 11) is 0. The third-order valence-corrected chi connectivity index (χ3v) is 9.32. The van der Waals surface area contributed by atoms with Crippen molar-refractivity contribution >= 4 is 40.6 Å². The standard InChI is InChI=1S/C34H37F3N6O5S/c1-33(2,3)48-32(46)41-12-10-40(11-13-41)14-15-47-24-17-22(34(35,36)37)16-23(18-24)39-30(44)26-21-49-28-20-42(9-7-25(26)28)31(45)27-19-38-29-6-4-5-8-43(27)29/h4-6,8,16-19,21H,7,9-15,20H2,1-3H3,(H,39,44). The lowest BCUT2D eigenvalue weighted by molar-refractivity contribution is -0.137. The minimum atomic E-state index is -4.66. The number of hydrogen-bond acceptors (Lipinski definition) is 8. The monoisotopic (exact) mass is 698 g/mol. The first-order valence-corrected chi connectivity index (χ1v) is 16.8. The Labute approximate surface area is 285 Å². The average Bonchev–Trinajstić information content (AvgIpc) is 3.68. The van der Waals surface area contributed by atoms with Gasteiger partial charge in [0, 0.05) is 67.5 Å². The zero-order valence-electron chi connectivity index (χ0n) is 27.4. The first kappa shape index (κ1) is 34.2. The van der Waals surface area contributed by atoms with Gasteiger partial charge in [-0.3, -0.25) is 18.9 Å². The third-order valence-electron chi connectivity index (χ3n) is 8.31. The normalized spacial score (nSPS) is 15.6. The van der Waals surface area contributed by atoms with Crippen molar-refractivity contribution in [2.75, 3.05) is 51.2 Å². The summed E-state index contributed by atoms with van der Waals surface area (Å²) >= 11 is 1.34. The summed E-state index contributed by atoms with van der Waals surface area (Å²) in [5.74, 6) is -0.734. The SMILES string of the molecule is CC(C)(C)OC(=O)N1CCN(CCOc2cc(NC(=O)c3csc4c3CCN(C(=O)c3cnc5ccccn35)C4)cc(C(F)(F)F)c2)CC1. The third kappa shape index (κ3) is 7.99. The fraction of sp³-hybridized carbons (Fsp3) is 0.412. The second-order valence-electron chi connectivity index (χ2n) is 13.0. The molecule has 0 aliphatic carbocycles. The molecule has 260 valence electrons. The quantitative estimate of drug-likeness (QED) is 0.260. The van der Waals surface area contributed by atoms with Crippen LogP contribution in [0.4, 0.5) is 23.7 Å². The van der Waals surface area contributed by atoms with Crippen molar-refractivity contribution in [1.82, 2.24) is 24.1 Å². The molecule has 1 aromatic carbocycles. The highest BCUT2D eigenvalue weighted by molar-refractivity contribution is 7.10. The Bertz CT molecular complexity index is 1860. The molecule has 49 heavy (non-hydrogen) atoms. The second-order valence-corrected chi connectivity index (χ2v) is 13.9. The maximum Gasteiger partial charge on any atom is 0.416 e. The molecule has 0 bridgehead atoms. The van der Waals surface area contributed by atoms with E-state index in [0.717, 1.165) is 22.6 Å². The first-order chi connectivity index (χ1) is 23.2. The average molecular weight is 699 g/mol. The summed E-state index contributed by atoms with van der Waals surface area (Å²) in [5, 5.41) is 4.31. The smallest absolute Gasteiger partial charge is 0.416 e. The van der Waals surface area contributed by atoms with Crippen LogP contribution < -0.4 is 10.1 Å². The molecule has 4 aromatic rings. The predicted octanol–water partition coefficient (Wildman–Crippen LogP) is 5.80. The lowest BCUT2D eigenvalue weighted by atomic mass is 10.0. The summed E-state index contributed by atoms with van der Waals surface area (Å²) < 4.78 is 54.4. The van der Waals surface area contributed by atoms with Crippen LogP contribution in [0.2, 0.25) is 0 Å². The number of nitrogens with zero attached hydrogens (tertiary/aromatic N) is 5. The number of halogens is 3. The van der Waals surface area contributed by atoms with E-state index in [-0.39, 0.29) is 30.0 Å². The molecule has 3 amide bonds. The second kappa shape index (κ2) is 13.7. The van der Waals surface area contributed by atoms with E-state index in [4.69, 9.17) is 9.47 Å². The van der Waals surface area contributed by atoms with Gasteiger partial charge in [0.1, 0.15) is 29.3 Å². The lowest BCUT2D eigenvalue weighted by Crippen LogP contribution is -2.50. The summed E-state index contributed by atoms with van der Waals surface area (Å²) in [6.07, 6.45) is -1.29. The Morgan fingerprint density at radius 3 is 2.51 bits per heavy atom. The van der Waals surface area contributed by atoms with Crippen molar-refractivity contribution in [2.45, 2.75) is 45.5 Å². The molecule has 0 radical (unpaired) electrons. The van der Waals surface area contributed by atoms with E-state index < -0.39 is 23.2 Å². The molecule has 15 heteroatoms. The fourth-order valence-corrected chi connectivity index (χ4v) is 6.93. The fourth-order valence-electron chi connectivity index (χ4n) is 5.83. The maximum absolute atomic E-state index is 13.8. The number of anilines is 1. The summed E-state index contributed by atoms with van der Waals surface area (Å²) in [5.41, 5.74) is 0.679.